The number of hydrogen-bond acceptors (Lipinski definition) is 6. The average Bonchev–Trinajstić information content (AvgIpc) is 3.32. The smallest absolute Gasteiger partial charge is 0.336 e. The van der Waals surface area contributed by atoms with Crippen molar-refractivity contribution in [1.29, 1.82) is 0 Å². The van der Waals surface area contributed by atoms with E-state index in [9.17, 15) is 14.7 Å². The Labute approximate surface area is 180 Å². The van der Waals surface area contributed by atoms with Gasteiger partial charge in [-0.05, 0) is 50.6 Å². The maximum absolute atomic E-state index is 13.1. The SMILES string of the molecule is CCOC(=O)C1=C(C)N(C2CCCC2)C(C)(OC)C(C(=O)O)C1c1ccsc1Cl. The minimum absolute atomic E-state index is 0.116. The van der Waals surface area contributed by atoms with Crippen LogP contribution < -0.4 is 0 Å². The Morgan fingerprint density at radius 1 is 1.38 bits per heavy atom. The number of halogens is 1. The number of aliphatic carboxylic acids is 1. The lowest BCUT2D eigenvalue weighted by Gasteiger charge is -2.54. The van der Waals surface area contributed by atoms with Crippen molar-refractivity contribution >= 4 is 34.9 Å². The first-order valence-electron chi connectivity index (χ1n) is 9.95. The molecule has 1 fully saturated rings. The van der Waals surface area contributed by atoms with Gasteiger partial charge in [-0.3, -0.25) is 4.79 Å². The third-order valence-corrected chi connectivity index (χ3v) is 7.50. The summed E-state index contributed by atoms with van der Waals surface area (Å²) in [6, 6.07) is 1.91. The summed E-state index contributed by atoms with van der Waals surface area (Å²) in [6.07, 6.45) is 4.01. The van der Waals surface area contributed by atoms with Gasteiger partial charge in [-0.25, -0.2) is 4.79 Å². The molecule has 1 aliphatic heterocycles. The minimum atomic E-state index is -1.13. The summed E-state index contributed by atoms with van der Waals surface area (Å²) in [5.41, 5.74) is 0.572. The topological polar surface area (TPSA) is 76.1 Å². The van der Waals surface area contributed by atoms with Crippen LogP contribution in [0.3, 0.4) is 0 Å². The molecule has 3 atom stereocenters. The van der Waals surface area contributed by atoms with Crippen molar-refractivity contribution in [1.82, 2.24) is 4.90 Å². The number of carboxylic acid groups (broad SMARTS) is 1. The second-order valence-electron chi connectivity index (χ2n) is 7.73. The molecule has 29 heavy (non-hydrogen) atoms. The van der Waals surface area contributed by atoms with E-state index < -0.39 is 29.5 Å². The van der Waals surface area contributed by atoms with Crippen molar-refractivity contribution in [3.05, 3.63) is 32.6 Å². The summed E-state index contributed by atoms with van der Waals surface area (Å²) < 4.78 is 11.8. The highest BCUT2D eigenvalue weighted by atomic mass is 35.5. The molecule has 0 amide bonds. The minimum Gasteiger partial charge on any atom is -0.481 e. The van der Waals surface area contributed by atoms with E-state index in [-0.39, 0.29) is 12.6 Å². The summed E-state index contributed by atoms with van der Waals surface area (Å²) in [5.74, 6) is -3.31. The lowest BCUT2D eigenvalue weighted by atomic mass is 9.71. The average molecular weight is 442 g/mol. The van der Waals surface area contributed by atoms with Crippen LogP contribution in [0.1, 0.15) is 57.9 Å². The molecular formula is C21H28ClNO5S. The molecular weight excluding hydrogens is 414 g/mol. The Balaban J connectivity index is 2.30. The van der Waals surface area contributed by atoms with Gasteiger partial charge >= 0.3 is 11.9 Å². The molecule has 2 aliphatic rings. The number of nitrogens with zero attached hydrogens (tertiary/aromatic N) is 1. The van der Waals surface area contributed by atoms with Gasteiger partial charge in [0.15, 0.2) is 5.72 Å². The molecule has 8 heteroatoms. The molecule has 3 rings (SSSR count). The van der Waals surface area contributed by atoms with Gasteiger partial charge in [-0.15, -0.1) is 11.3 Å². The number of methoxy groups -OCH3 is 1. The maximum atomic E-state index is 13.1. The van der Waals surface area contributed by atoms with E-state index in [4.69, 9.17) is 21.1 Å². The number of esters is 1. The van der Waals surface area contributed by atoms with E-state index in [2.05, 4.69) is 0 Å². The number of hydrogen-bond donors (Lipinski definition) is 1. The third kappa shape index (κ3) is 3.68. The molecule has 3 unspecified atom stereocenters. The number of ether oxygens (including phenoxy) is 2. The lowest BCUT2D eigenvalue weighted by Crippen LogP contribution is -2.62. The van der Waals surface area contributed by atoms with Crippen LogP contribution in [0.4, 0.5) is 0 Å². The van der Waals surface area contributed by atoms with Gasteiger partial charge in [-0.2, -0.15) is 0 Å². The van der Waals surface area contributed by atoms with E-state index in [1.54, 1.807) is 13.0 Å². The molecule has 6 nitrogen and oxygen atoms in total. The van der Waals surface area contributed by atoms with Crippen molar-refractivity contribution in [3.8, 4) is 0 Å². The van der Waals surface area contributed by atoms with Crippen LogP contribution >= 0.6 is 22.9 Å². The Hall–Kier alpha value is -1.57. The lowest BCUT2D eigenvalue weighted by molar-refractivity contribution is -0.192. The van der Waals surface area contributed by atoms with Crippen LogP contribution in [0.25, 0.3) is 0 Å². The maximum Gasteiger partial charge on any atom is 0.336 e. The van der Waals surface area contributed by atoms with Crippen LogP contribution in [0, 0.1) is 5.92 Å². The van der Waals surface area contributed by atoms with Crippen molar-refractivity contribution in [2.75, 3.05) is 13.7 Å². The van der Waals surface area contributed by atoms with Gasteiger partial charge in [0.05, 0.1) is 16.5 Å². The molecule has 1 aromatic rings. The Morgan fingerprint density at radius 3 is 2.52 bits per heavy atom. The van der Waals surface area contributed by atoms with Crippen molar-refractivity contribution in [3.63, 3.8) is 0 Å². The van der Waals surface area contributed by atoms with Crippen LogP contribution in [-0.4, -0.2) is 47.4 Å². The summed E-state index contributed by atoms with van der Waals surface area (Å²) in [4.78, 5) is 27.7. The van der Waals surface area contributed by atoms with Crippen molar-refractivity contribution < 1.29 is 24.2 Å². The fourth-order valence-corrected chi connectivity index (χ4v) is 6.05. The second kappa shape index (κ2) is 8.66. The molecule has 0 radical (unpaired) electrons. The number of thiophene rings is 1. The molecule has 1 aliphatic carbocycles. The van der Waals surface area contributed by atoms with E-state index in [1.807, 2.05) is 24.1 Å². The van der Waals surface area contributed by atoms with Gasteiger partial charge < -0.3 is 19.5 Å². The van der Waals surface area contributed by atoms with Crippen LogP contribution in [0.5, 0.6) is 0 Å². The molecule has 1 aromatic heterocycles. The molecule has 160 valence electrons. The van der Waals surface area contributed by atoms with Crippen LogP contribution in [-0.2, 0) is 19.1 Å². The molecule has 0 bridgehead atoms. The van der Waals surface area contributed by atoms with Crippen LogP contribution in [0.2, 0.25) is 4.34 Å². The van der Waals surface area contributed by atoms with Gasteiger partial charge in [0.25, 0.3) is 0 Å². The second-order valence-corrected chi connectivity index (χ2v) is 9.25. The summed E-state index contributed by atoms with van der Waals surface area (Å²) in [5, 5.41) is 12.1. The largest absolute Gasteiger partial charge is 0.481 e. The van der Waals surface area contributed by atoms with E-state index in [0.29, 0.717) is 21.2 Å². The fraction of sp³-hybridized carbons (Fsp3) is 0.619. The molecule has 1 N–H and O–H groups in total. The standard InChI is InChI=1S/C21H28ClNO5S/c1-5-28-20(26)15-12(2)23(13-8-6-7-9-13)21(3,27-4)17(19(24)25)16(15)14-10-11-29-18(14)22/h10-11,13,16-17H,5-9H2,1-4H3,(H,24,25). The van der Waals surface area contributed by atoms with Gasteiger partial charge in [0, 0.05) is 24.8 Å². The molecule has 0 aromatic carbocycles. The monoisotopic (exact) mass is 441 g/mol. The quantitative estimate of drug-likeness (QED) is 0.648. The van der Waals surface area contributed by atoms with E-state index >= 15 is 0 Å². The molecule has 2 heterocycles. The van der Waals surface area contributed by atoms with Crippen LogP contribution in [0.15, 0.2) is 22.7 Å². The Kier molecular flexibility index (Phi) is 6.61. The van der Waals surface area contributed by atoms with Crippen molar-refractivity contribution in [2.45, 2.75) is 64.1 Å². The molecule has 1 saturated carbocycles. The number of carbonyl (C=O) groups excluding carboxylic acids is 1. The fourth-order valence-electron chi connectivity index (χ4n) is 5.05. The van der Waals surface area contributed by atoms with E-state index in [1.165, 1.54) is 18.4 Å². The highest BCUT2D eigenvalue weighted by molar-refractivity contribution is 7.14. The first-order chi connectivity index (χ1) is 13.8. The predicted octanol–water partition coefficient (Wildman–Crippen LogP) is 4.64. The van der Waals surface area contributed by atoms with Crippen molar-refractivity contribution in [2.24, 2.45) is 5.92 Å². The van der Waals surface area contributed by atoms with Gasteiger partial charge in [0.1, 0.15) is 5.92 Å². The predicted molar refractivity (Wildman–Crippen MR) is 112 cm³/mol. The van der Waals surface area contributed by atoms with E-state index in [0.717, 1.165) is 25.7 Å². The zero-order valence-electron chi connectivity index (χ0n) is 17.2. The highest BCUT2D eigenvalue weighted by Crippen LogP contribution is 2.52. The number of carbonyl (C=O) groups is 2. The first kappa shape index (κ1) is 22.1. The number of allylic oxidation sites excluding steroid dienone is 1. The Morgan fingerprint density at radius 2 is 2.03 bits per heavy atom. The van der Waals surface area contributed by atoms with Gasteiger partial charge in [0.2, 0.25) is 0 Å². The molecule has 0 spiro atoms. The summed E-state index contributed by atoms with van der Waals surface area (Å²) in [6.45, 7) is 5.63. The zero-order valence-corrected chi connectivity index (χ0v) is 18.8. The number of rotatable bonds is 6. The highest BCUT2D eigenvalue weighted by Gasteiger charge is 2.57. The third-order valence-electron chi connectivity index (χ3n) is 6.30. The summed E-state index contributed by atoms with van der Waals surface area (Å²) in [7, 11) is 1.53. The Bertz CT molecular complexity index is 816. The normalized spacial score (nSPS) is 28.1. The first-order valence-corrected chi connectivity index (χ1v) is 11.2. The zero-order chi connectivity index (χ0) is 21.3. The number of carboxylic acids is 1. The summed E-state index contributed by atoms with van der Waals surface area (Å²) >= 11 is 7.75. The van der Waals surface area contributed by atoms with Gasteiger partial charge in [-0.1, -0.05) is 24.4 Å². The molecule has 0 saturated heterocycles.